The van der Waals surface area contributed by atoms with Gasteiger partial charge in [-0.3, -0.25) is 4.79 Å². The highest BCUT2D eigenvalue weighted by Crippen LogP contribution is 2.47. The minimum atomic E-state index is 0.0788. The van der Waals surface area contributed by atoms with Crippen molar-refractivity contribution in [3.63, 3.8) is 0 Å². The highest BCUT2D eigenvalue weighted by Gasteiger charge is 2.41. The molecule has 0 aromatic carbocycles. The second-order valence-corrected chi connectivity index (χ2v) is 4.06. The molecule has 82 valence electrons. The lowest BCUT2D eigenvalue weighted by molar-refractivity contribution is -0.122. The van der Waals surface area contributed by atoms with Crippen LogP contribution in [0.25, 0.3) is 0 Å². The van der Waals surface area contributed by atoms with Gasteiger partial charge in [-0.1, -0.05) is 0 Å². The average Bonchev–Trinajstić information content (AvgIpc) is 2.93. The van der Waals surface area contributed by atoms with E-state index in [2.05, 4.69) is 5.32 Å². The van der Waals surface area contributed by atoms with Crippen LogP contribution in [-0.2, 0) is 9.53 Å². The number of nitrogens with one attached hydrogen (secondary N) is 1. The van der Waals surface area contributed by atoms with E-state index >= 15 is 0 Å². The number of carbonyl (C=O) groups is 1. The molecule has 0 radical (unpaired) electrons. The molecule has 0 spiro atoms. The molecule has 0 unspecified atom stereocenters. The highest BCUT2D eigenvalue weighted by atomic mass is 16.5. The summed E-state index contributed by atoms with van der Waals surface area (Å²) in [5.74, 6) is 0.0788. The van der Waals surface area contributed by atoms with Gasteiger partial charge in [0, 0.05) is 20.1 Å². The Kier molecular flexibility index (Phi) is 4.35. The Hall–Kier alpha value is -0.610. The minimum Gasteiger partial charge on any atom is -0.384 e. The number of nitrogens with two attached hydrogens (primary N) is 1. The summed E-state index contributed by atoms with van der Waals surface area (Å²) in [5, 5.41) is 2.93. The maximum absolute atomic E-state index is 11.3. The molecule has 1 aliphatic carbocycles. The molecule has 0 atom stereocenters. The van der Waals surface area contributed by atoms with E-state index in [0.29, 0.717) is 25.0 Å². The van der Waals surface area contributed by atoms with Gasteiger partial charge in [-0.15, -0.1) is 0 Å². The van der Waals surface area contributed by atoms with Gasteiger partial charge in [0.05, 0.1) is 6.61 Å². The standard InChI is InChI=1S/C10H20N2O2/c1-14-7-2-9(13)12-8-10(3-4-10)5-6-11/h2-8,11H2,1H3,(H,12,13). The molecule has 0 aromatic heterocycles. The van der Waals surface area contributed by atoms with Gasteiger partial charge in [0.1, 0.15) is 0 Å². The molecule has 1 aliphatic rings. The van der Waals surface area contributed by atoms with Crippen LogP contribution in [0.5, 0.6) is 0 Å². The molecule has 1 fully saturated rings. The molecule has 0 aromatic rings. The first-order valence-electron chi connectivity index (χ1n) is 5.18. The van der Waals surface area contributed by atoms with Crippen LogP contribution in [0.3, 0.4) is 0 Å². The van der Waals surface area contributed by atoms with Crippen LogP contribution in [0.2, 0.25) is 0 Å². The molecule has 1 rings (SSSR count). The Morgan fingerprint density at radius 3 is 2.79 bits per heavy atom. The lowest BCUT2D eigenvalue weighted by atomic mass is 10.0. The second-order valence-electron chi connectivity index (χ2n) is 4.06. The summed E-state index contributed by atoms with van der Waals surface area (Å²) in [4.78, 5) is 11.3. The first-order valence-corrected chi connectivity index (χ1v) is 5.18. The van der Waals surface area contributed by atoms with E-state index in [0.717, 1.165) is 13.0 Å². The first-order chi connectivity index (χ1) is 6.72. The number of ether oxygens (including phenoxy) is 1. The van der Waals surface area contributed by atoms with E-state index in [1.165, 1.54) is 12.8 Å². The van der Waals surface area contributed by atoms with Gasteiger partial charge in [0.25, 0.3) is 0 Å². The van der Waals surface area contributed by atoms with E-state index in [-0.39, 0.29) is 5.91 Å². The van der Waals surface area contributed by atoms with E-state index in [9.17, 15) is 4.79 Å². The van der Waals surface area contributed by atoms with Crippen molar-refractivity contribution >= 4 is 5.91 Å². The normalized spacial score (nSPS) is 17.9. The Balaban J connectivity index is 2.10. The van der Waals surface area contributed by atoms with E-state index in [1.807, 2.05) is 0 Å². The molecule has 0 aliphatic heterocycles. The van der Waals surface area contributed by atoms with Crippen molar-refractivity contribution in [1.29, 1.82) is 0 Å². The van der Waals surface area contributed by atoms with Crippen LogP contribution < -0.4 is 11.1 Å². The molecule has 0 heterocycles. The minimum absolute atomic E-state index is 0.0788. The van der Waals surface area contributed by atoms with E-state index in [1.54, 1.807) is 7.11 Å². The summed E-state index contributed by atoms with van der Waals surface area (Å²) in [6, 6.07) is 0. The van der Waals surface area contributed by atoms with Crippen LogP contribution in [0, 0.1) is 5.41 Å². The van der Waals surface area contributed by atoms with Gasteiger partial charge in [0.15, 0.2) is 0 Å². The molecule has 1 amide bonds. The van der Waals surface area contributed by atoms with Crippen molar-refractivity contribution in [2.45, 2.75) is 25.7 Å². The third kappa shape index (κ3) is 3.64. The van der Waals surface area contributed by atoms with Crippen LogP contribution in [0.4, 0.5) is 0 Å². The fourth-order valence-electron chi connectivity index (χ4n) is 1.57. The summed E-state index contributed by atoms with van der Waals surface area (Å²) in [6.45, 7) is 2.00. The van der Waals surface area contributed by atoms with Gasteiger partial charge < -0.3 is 15.8 Å². The van der Waals surface area contributed by atoms with Crippen molar-refractivity contribution in [1.82, 2.24) is 5.32 Å². The molecule has 0 bridgehead atoms. The van der Waals surface area contributed by atoms with Crippen LogP contribution in [0.15, 0.2) is 0 Å². The molecule has 0 saturated heterocycles. The SMILES string of the molecule is COCCC(=O)NCC1(CCN)CC1. The summed E-state index contributed by atoms with van der Waals surface area (Å²) >= 11 is 0. The highest BCUT2D eigenvalue weighted by molar-refractivity contribution is 5.76. The quantitative estimate of drug-likeness (QED) is 0.620. The molecule has 3 N–H and O–H groups in total. The Morgan fingerprint density at radius 1 is 1.57 bits per heavy atom. The average molecular weight is 200 g/mol. The van der Waals surface area contributed by atoms with Gasteiger partial charge in [0.2, 0.25) is 5.91 Å². The van der Waals surface area contributed by atoms with E-state index in [4.69, 9.17) is 10.5 Å². The zero-order valence-electron chi connectivity index (χ0n) is 8.84. The number of hydrogen-bond donors (Lipinski definition) is 2. The van der Waals surface area contributed by atoms with Gasteiger partial charge >= 0.3 is 0 Å². The molecule has 4 heteroatoms. The summed E-state index contributed by atoms with van der Waals surface area (Å²) in [7, 11) is 1.60. The number of amides is 1. The monoisotopic (exact) mass is 200 g/mol. The van der Waals surface area contributed by atoms with Crippen molar-refractivity contribution < 1.29 is 9.53 Å². The smallest absolute Gasteiger partial charge is 0.222 e. The molecular weight excluding hydrogens is 180 g/mol. The maximum Gasteiger partial charge on any atom is 0.222 e. The molecule has 14 heavy (non-hydrogen) atoms. The number of methoxy groups -OCH3 is 1. The number of hydrogen-bond acceptors (Lipinski definition) is 3. The van der Waals surface area contributed by atoms with Crippen LogP contribution >= 0.6 is 0 Å². The number of rotatable bonds is 7. The third-order valence-corrected chi connectivity index (χ3v) is 2.83. The van der Waals surface area contributed by atoms with Crippen molar-refractivity contribution in [2.75, 3.05) is 26.8 Å². The van der Waals surface area contributed by atoms with Gasteiger partial charge in [-0.2, -0.15) is 0 Å². The lowest BCUT2D eigenvalue weighted by Gasteiger charge is -2.14. The maximum atomic E-state index is 11.3. The summed E-state index contributed by atoms with van der Waals surface area (Å²) in [6.07, 6.45) is 3.89. The zero-order valence-corrected chi connectivity index (χ0v) is 8.84. The molecule has 1 saturated carbocycles. The molecular formula is C10H20N2O2. The lowest BCUT2D eigenvalue weighted by Crippen LogP contribution is -2.31. The second kappa shape index (κ2) is 5.32. The number of carbonyl (C=O) groups excluding carboxylic acids is 1. The van der Waals surface area contributed by atoms with Crippen molar-refractivity contribution in [2.24, 2.45) is 11.1 Å². The fraction of sp³-hybridized carbons (Fsp3) is 0.900. The molecule has 4 nitrogen and oxygen atoms in total. The Morgan fingerprint density at radius 2 is 2.29 bits per heavy atom. The third-order valence-electron chi connectivity index (χ3n) is 2.83. The first kappa shape index (κ1) is 11.5. The zero-order chi connectivity index (χ0) is 10.4. The fourth-order valence-corrected chi connectivity index (χ4v) is 1.57. The van der Waals surface area contributed by atoms with Gasteiger partial charge in [-0.25, -0.2) is 0 Å². The summed E-state index contributed by atoms with van der Waals surface area (Å²) in [5.41, 5.74) is 5.84. The predicted octanol–water partition coefficient (Wildman–Crippen LogP) is 0.268. The van der Waals surface area contributed by atoms with E-state index < -0.39 is 0 Å². The Bertz CT molecular complexity index is 191. The Labute approximate surface area is 85.2 Å². The van der Waals surface area contributed by atoms with Crippen molar-refractivity contribution in [3.8, 4) is 0 Å². The van der Waals surface area contributed by atoms with Crippen LogP contribution in [-0.4, -0.2) is 32.7 Å². The van der Waals surface area contributed by atoms with Gasteiger partial charge in [-0.05, 0) is 31.2 Å². The largest absolute Gasteiger partial charge is 0.384 e. The van der Waals surface area contributed by atoms with Crippen molar-refractivity contribution in [3.05, 3.63) is 0 Å². The predicted molar refractivity (Wildman–Crippen MR) is 54.8 cm³/mol. The van der Waals surface area contributed by atoms with Crippen LogP contribution in [0.1, 0.15) is 25.7 Å². The topological polar surface area (TPSA) is 64.3 Å². The summed E-state index contributed by atoms with van der Waals surface area (Å²) < 4.78 is 4.83.